The molecule has 4 heterocycles. The number of hydrogen-bond acceptors (Lipinski definition) is 3. The Bertz CT molecular complexity index is 3840. The number of nitrogens with zero attached hydrogens (tertiary/aromatic N) is 4. The Morgan fingerprint density at radius 2 is 0.983 bits per heavy atom. The second-order valence-electron chi connectivity index (χ2n) is 15.4. The van der Waals surface area contributed by atoms with Gasteiger partial charge >= 0.3 is 0 Å². The third kappa shape index (κ3) is 4.83. The molecule has 0 spiro atoms. The summed E-state index contributed by atoms with van der Waals surface area (Å²) in [4.78, 5) is 11.1. The van der Waals surface area contributed by atoms with Crippen molar-refractivity contribution in [3.8, 4) is 34.0 Å². The Labute approximate surface area is 342 Å². The van der Waals surface area contributed by atoms with Crippen molar-refractivity contribution in [2.24, 2.45) is 0 Å². The Morgan fingerprint density at radius 1 is 0.373 bits per heavy atom. The predicted octanol–water partition coefficient (Wildman–Crippen LogP) is 14.7. The minimum absolute atomic E-state index is 0.648. The second kappa shape index (κ2) is 12.4. The molecule has 0 atom stereocenters. The van der Waals surface area contributed by atoms with E-state index in [2.05, 4.69) is 203 Å². The first kappa shape index (κ1) is 32.5. The van der Waals surface area contributed by atoms with Gasteiger partial charge in [0.2, 0.25) is 5.95 Å². The van der Waals surface area contributed by atoms with E-state index in [0.29, 0.717) is 5.95 Å². The Hall–Kier alpha value is -7.60. The summed E-state index contributed by atoms with van der Waals surface area (Å²) in [6.45, 7) is 0. The highest BCUT2D eigenvalue weighted by Gasteiger charge is 2.23. The van der Waals surface area contributed by atoms with Crippen LogP contribution in [0.5, 0.6) is 0 Å². The maximum Gasteiger partial charge on any atom is 0.235 e. The summed E-state index contributed by atoms with van der Waals surface area (Å²) in [5.74, 6) is 0.648. The van der Waals surface area contributed by atoms with Crippen molar-refractivity contribution < 1.29 is 0 Å². The van der Waals surface area contributed by atoms with Crippen LogP contribution in [0, 0.1) is 0 Å². The Morgan fingerprint density at radius 3 is 1.75 bits per heavy atom. The quantitative estimate of drug-likeness (QED) is 0.179. The largest absolute Gasteiger partial charge is 0.309 e. The zero-order valence-electron chi connectivity index (χ0n) is 31.7. The van der Waals surface area contributed by atoms with Crippen LogP contribution in [0.15, 0.2) is 194 Å². The van der Waals surface area contributed by atoms with Crippen LogP contribution in [-0.4, -0.2) is 19.1 Å². The van der Waals surface area contributed by atoms with Crippen LogP contribution in [-0.2, 0) is 0 Å². The van der Waals surface area contributed by atoms with Crippen molar-refractivity contribution in [1.82, 2.24) is 19.1 Å². The highest BCUT2D eigenvalue weighted by atomic mass is 32.1. The fourth-order valence-electron chi connectivity index (χ4n) is 9.45. The fourth-order valence-corrected chi connectivity index (χ4v) is 10.6. The SMILES string of the molecule is c1ccc(-c2cc(-c3nc(-n4c5ccccc5c5cc6c7ccccc7n(-c7ccccc7)c6cc54)nc4ccccc34)c3c(c2)sc2cc4ccccc4cc23)cc1. The second-order valence-corrected chi connectivity index (χ2v) is 16.5. The van der Waals surface area contributed by atoms with E-state index in [1.165, 1.54) is 69.1 Å². The zero-order chi connectivity index (χ0) is 38.6. The van der Waals surface area contributed by atoms with Crippen molar-refractivity contribution >= 4 is 96.8 Å². The minimum atomic E-state index is 0.648. The van der Waals surface area contributed by atoms with E-state index < -0.39 is 0 Å². The van der Waals surface area contributed by atoms with E-state index in [1.807, 2.05) is 11.3 Å². The van der Waals surface area contributed by atoms with Crippen molar-refractivity contribution in [2.45, 2.75) is 0 Å². The topological polar surface area (TPSA) is 35.6 Å². The third-order valence-corrected chi connectivity index (χ3v) is 13.2. The normalized spacial score (nSPS) is 12.1. The van der Waals surface area contributed by atoms with Crippen molar-refractivity contribution in [3.63, 3.8) is 0 Å². The molecule has 0 aliphatic heterocycles. The number of rotatable bonds is 4. The molecule has 5 heteroatoms. The number of aromatic nitrogens is 4. The van der Waals surface area contributed by atoms with Gasteiger partial charge in [0.25, 0.3) is 0 Å². The number of thiophene rings is 1. The number of fused-ring (bicyclic) bond motifs is 11. The van der Waals surface area contributed by atoms with Gasteiger partial charge in [-0.2, -0.15) is 0 Å². The van der Waals surface area contributed by atoms with E-state index in [4.69, 9.17) is 9.97 Å². The molecule has 0 amide bonds. The molecule has 0 aliphatic carbocycles. The van der Waals surface area contributed by atoms with Gasteiger partial charge in [-0.3, -0.25) is 4.57 Å². The average Bonchev–Trinajstić information content (AvgIpc) is 3.94. The monoisotopic (exact) mass is 768 g/mol. The lowest BCUT2D eigenvalue weighted by atomic mass is 9.95. The van der Waals surface area contributed by atoms with Crippen molar-refractivity contribution in [1.29, 1.82) is 0 Å². The lowest BCUT2D eigenvalue weighted by molar-refractivity contribution is 1.01. The maximum absolute atomic E-state index is 5.70. The van der Waals surface area contributed by atoms with Crippen LogP contribution >= 0.6 is 11.3 Å². The summed E-state index contributed by atoms with van der Waals surface area (Å²) in [5, 5.41) is 10.8. The van der Waals surface area contributed by atoms with E-state index in [1.54, 1.807) is 0 Å². The van der Waals surface area contributed by atoms with Gasteiger partial charge < -0.3 is 4.57 Å². The molecule has 4 nitrogen and oxygen atoms in total. The molecule has 0 saturated heterocycles. The van der Waals surface area contributed by atoms with Gasteiger partial charge in [-0.15, -0.1) is 11.3 Å². The third-order valence-electron chi connectivity index (χ3n) is 12.1. The molecule has 0 saturated carbocycles. The molecule has 0 bridgehead atoms. The molecule has 59 heavy (non-hydrogen) atoms. The van der Waals surface area contributed by atoms with Gasteiger partial charge in [0, 0.05) is 58.4 Å². The molecule has 274 valence electrons. The van der Waals surface area contributed by atoms with E-state index in [9.17, 15) is 0 Å². The standard InChI is InChI=1S/C54H32N4S/c1-3-15-33(16-4-1)36-28-44(52-43-27-34-17-7-8-18-35(34)29-50(43)59-51(52)30-36)53-40-23-9-12-24-45(40)55-54(56-53)58-47-26-14-11-22-39(47)42-31-41-38-21-10-13-25-46(38)57(48(41)32-49(42)58)37-19-5-2-6-20-37/h1-32H. The minimum Gasteiger partial charge on any atom is -0.309 e. The summed E-state index contributed by atoms with van der Waals surface area (Å²) in [6.07, 6.45) is 0. The van der Waals surface area contributed by atoms with Crippen LogP contribution in [0.2, 0.25) is 0 Å². The molecular formula is C54H32N4S. The summed E-state index contributed by atoms with van der Waals surface area (Å²) in [6, 6.07) is 70.1. The Kier molecular flexibility index (Phi) is 6.85. The molecule has 0 radical (unpaired) electrons. The van der Waals surface area contributed by atoms with E-state index in [0.717, 1.165) is 44.4 Å². The molecule has 0 aliphatic rings. The van der Waals surface area contributed by atoms with Crippen LogP contribution in [0.25, 0.3) is 119 Å². The smallest absolute Gasteiger partial charge is 0.235 e. The molecule has 0 fully saturated rings. The summed E-state index contributed by atoms with van der Waals surface area (Å²) in [7, 11) is 0. The van der Waals surface area contributed by atoms with Crippen LogP contribution in [0.4, 0.5) is 0 Å². The van der Waals surface area contributed by atoms with E-state index >= 15 is 0 Å². The van der Waals surface area contributed by atoms with Crippen LogP contribution in [0.3, 0.4) is 0 Å². The molecule has 13 rings (SSSR count). The molecular weight excluding hydrogens is 737 g/mol. The van der Waals surface area contributed by atoms with Crippen LogP contribution in [0.1, 0.15) is 0 Å². The molecule has 13 aromatic rings. The maximum atomic E-state index is 5.70. The molecule has 0 N–H and O–H groups in total. The van der Waals surface area contributed by atoms with Crippen LogP contribution < -0.4 is 0 Å². The van der Waals surface area contributed by atoms with Crippen molar-refractivity contribution in [3.05, 3.63) is 194 Å². The lowest BCUT2D eigenvalue weighted by Crippen LogP contribution is -2.04. The zero-order valence-corrected chi connectivity index (χ0v) is 32.5. The average molecular weight is 769 g/mol. The van der Waals surface area contributed by atoms with E-state index in [-0.39, 0.29) is 0 Å². The number of benzene rings is 9. The van der Waals surface area contributed by atoms with Gasteiger partial charge in [-0.25, -0.2) is 9.97 Å². The van der Waals surface area contributed by atoms with Gasteiger partial charge in [0.1, 0.15) is 0 Å². The molecule has 9 aromatic carbocycles. The molecule has 0 unspecified atom stereocenters. The Balaban J connectivity index is 1.15. The summed E-state index contributed by atoms with van der Waals surface area (Å²) >= 11 is 1.86. The first-order valence-electron chi connectivity index (χ1n) is 20.0. The first-order valence-corrected chi connectivity index (χ1v) is 20.8. The summed E-state index contributed by atoms with van der Waals surface area (Å²) < 4.78 is 7.17. The highest BCUT2D eigenvalue weighted by molar-refractivity contribution is 7.26. The number of hydrogen-bond donors (Lipinski definition) is 0. The van der Waals surface area contributed by atoms with Crippen molar-refractivity contribution in [2.75, 3.05) is 0 Å². The van der Waals surface area contributed by atoms with Gasteiger partial charge in [0.05, 0.1) is 33.3 Å². The highest BCUT2D eigenvalue weighted by Crippen LogP contribution is 2.46. The molecule has 4 aromatic heterocycles. The fraction of sp³-hybridized carbons (Fsp3) is 0. The van der Waals surface area contributed by atoms with Gasteiger partial charge in [-0.1, -0.05) is 127 Å². The number of para-hydroxylation sites is 4. The predicted molar refractivity (Wildman–Crippen MR) is 249 cm³/mol. The van der Waals surface area contributed by atoms with Gasteiger partial charge in [0.15, 0.2) is 0 Å². The lowest BCUT2D eigenvalue weighted by Gasteiger charge is -2.14. The first-order chi connectivity index (χ1) is 29.2. The summed E-state index contributed by atoms with van der Waals surface area (Å²) in [5.41, 5.74) is 10.9. The van der Waals surface area contributed by atoms with Gasteiger partial charge in [-0.05, 0) is 88.6 Å².